The lowest BCUT2D eigenvalue weighted by Gasteiger charge is -2.27. The highest BCUT2D eigenvalue weighted by molar-refractivity contribution is 5.82. The first kappa shape index (κ1) is 25.3. The van der Waals surface area contributed by atoms with Crippen LogP contribution in [0.5, 0.6) is 0 Å². The van der Waals surface area contributed by atoms with E-state index in [1.807, 2.05) is 31.2 Å². The predicted molar refractivity (Wildman–Crippen MR) is 131 cm³/mol. The van der Waals surface area contributed by atoms with E-state index < -0.39 is 18.1 Å². The van der Waals surface area contributed by atoms with Gasteiger partial charge < -0.3 is 20.1 Å². The van der Waals surface area contributed by atoms with Crippen LogP contribution in [0, 0.1) is 0 Å². The van der Waals surface area contributed by atoms with Gasteiger partial charge in [0.25, 0.3) is 0 Å². The number of carbonyl (C=O) groups is 3. The molecule has 1 aliphatic rings. The molecule has 0 bridgehead atoms. The van der Waals surface area contributed by atoms with Crippen molar-refractivity contribution in [2.24, 2.45) is 0 Å². The Morgan fingerprint density at radius 3 is 2.15 bits per heavy atom. The third kappa shape index (κ3) is 6.16. The van der Waals surface area contributed by atoms with Gasteiger partial charge in [-0.2, -0.15) is 0 Å². The van der Waals surface area contributed by atoms with Gasteiger partial charge >= 0.3 is 12.1 Å². The number of hydrogen-bond donors (Lipinski definition) is 2. The Kier molecular flexibility index (Phi) is 8.68. The zero-order chi connectivity index (χ0) is 24.7. The van der Waals surface area contributed by atoms with Crippen molar-refractivity contribution >= 4 is 18.0 Å². The first-order valence-corrected chi connectivity index (χ1v) is 11.9. The van der Waals surface area contributed by atoms with Gasteiger partial charge in [-0.25, -0.2) is 4.79 Å². The molecule has 2 amide bonds. The smallest absolute Gasteiger partial charge is 0.407 e. The number of rotatable bonds is 11. The van der Waals surface area contributed by atoms with E-state index in [1.54, 1.807) is 13.8 Å². The van der Waals surface area contributed by atoms with E-state index in [9.17, 15) is 14.4 Å². The summed E-state index contributed by atoms with van der Waals surface area (Å²) in [6.07, 6.45) is 1.84. The maximum absolute atomic E-state index is 12.8. The van der Waals surface area contributed by atoms with Gasteiger partial charge in [0.05, 0.1) is 0 Å². The van der Waals surface area contributed by atoms with Crippen molar-refractivity contribution in [3.05, 3.63) is 59.7 Å². The molecule has 1 aliphatic carbocycles. The zero-order valence-corrected chi connectivity index (χ0v) is 20.1. The molecule has 0 unspecified atom stereocenters. The number of fused-ring (bicyclic) bond motifs is 3. The van der Waals surface area contributed by atoms with Crippen LogP contribution in [0.3, 0.4) is 0 Å². The summed E-state index contributed by atoms with van der Waals surface area (Å²) in [4.78, 5) is 38.0. The van der Waals surface area contributed by atoms with Crippen molar-refractivity contribution in [3.63, 3.8) is 0 Å². The van der Waals surface area contributed by atoms with E-state index >= 15 is 0 Å². The third-order valence-corrected chi connectivity index (χ3v) is 6.24. The number of aliphatic carboxylic acids is 1. The monoisotopic (exact) mass is 466 g/mol. The van der Waals surface area contributed by atoms with Gasteiger partial charge in [0, 0.05) is 24.4 Å². The number of unbranched alkanes of at least 4 members (excludes halogenated alkanes) is 1. The van der Waals surface area contributed by atoms with Crippen LogP contribution >= 0.6 is 0 Å². The molecule has 0 radical (unpaired) electrons. The van der Waals surface area contributed by atoms with Crippen LogP contribution in [0.15, 0.2) is 48.5 Å². The topological polar surface area (TPSA) is 95.9 Å². The van der Waals surface area contributed by atoms with Crippen LogP contribution in [0.25, 0.3) is 11.1 Å². The van der Waals surface area contributed by atoms with E-state index in [2.05, 4.69) is 29.6 Å². The molecule has 0 saturated heterocycles. The first-order chi connectivity index (χ1) is 16.3. The molecule has 182 valence electrons. The van der Waals surface area contributed by atoms with E-state index in [-0.39, 0.29) is 37.4 Å². The largest absolute Gasteiger partial charge is 0.480 e. The highest BCUT2D eigenvalue weighted by atomic mass is 16.5. The highest BCUT2D eigenvalue weighted by Crippen LogP contribution is 2.44. The summed E-state index contributed by atoms with van der Waals surface area (Å²) < 4.78 is 5.64. The third-order valence-electron chi connectivity index (χ3n) is 6.24. The molecule has 2 aromatic carbocycles. The summed E-state index contributed by atoms with van der Waals surface area (Å²) >= 11 is 0. The molecule has 2 N–H and O–H groups in total. The van der Waals surface area contributed by atoms with Gasteiger partial charge in [-0.1, -0.05) is 68.3 Å². The summed E-state index contributed by atoms with van der Waals surface area (Å²) in [7, 11) is 0. The average Bonchev–Trinajstić information content (AvgIpc) is 3.13. The van der Waals surface area contributed by atoms with E-state index in [0.29, 0.717) is 6.42 Å². The minimum Gasteiger partial charge on any atom is -0.480 e. The van der Waals surface area contributed by atoms with E-state index in [0.717, 1.165) is 35.1 Å². The Hall–Kier alpha value is -3.35. The van der Waals surface area contributed by atoms with Crippen LogP contribution in [0.1, 0.15) is 63.5 Å². The Morgan fingerprint density at radius 1 is 1.03 bits per heavy atom. The molecule has 0 aliphatic heterocycles. The van der Waals surface area contributed by atoms with Crippen LogP contribution in [-0.4, -0.2) is 53.2 Å². The number of alkyl carbamates (subject to hydrolysis) is 1. The van der Waals surface area contributed by atoms with Crippen molar-refractivity contribution in [1.82, 2.24) is 10.2 Å². The summed E-state index contributed by atoms with van der Waals surface area (Å²) in [5.41, 5.74) is 4.59. The summed E-state index contributed by atoms with van der Waals surface area (Å²) in [5.74, 6) is -1.39. The fourth-order valence-electron chi connectivity index (χ4n) is 4.52. The minimum atomic E-state index is -1.06. The number of carboxylic acids is 1. The lowest BCUT2D eigenvalue weighted by molar-refractivity contribution is -0.146. The quantitative estimate of drug-likeness (QED) is 0.496. The average molecular weight is 467 g/mol. The number of nitrogens with zero attached hydrogens (tertiary/aromatic N) is 1. The molecule has 7 nitrogen and oxygen atoms in total. The summed E-state index contributed by atoms with van der Waals surface area (Å²) in [5, 5.41) is 12.0. The second kappa shape index (κ2) is 11.7. The van der Waals surface area contributed by atoms with Gasteiger partial charge in [0.2, 0.25) is 5.91 Å². The molecular weight excluding hydrogens is 432 g/mol. The molecule has 0 fully saturated rings. The minimum absolute atomic E-state index is 0.0374. The van der Waals surface area contributed by atoms with Crippen LogP contribution < -0.4 is 5.32 Å². The standard InChI is InChI=1S/C27H34N2O5/c1-4-5-10-19(15-25(30)29(18(2)3)16-26(31)32)28-27(33)34-17-24-22-13-8-6-11-20(22)21-12-7-9-14-23(21)24/h6-9,11-14,18-19,24H,4-5,10,15-17H2,1-3H3,(H,28,33)(H,31,32)/t19-/m0/s1. The predicted octanol–water partition coefficient (Wildman–Crippen LogP) is 4.80. The molecule has 1 atom stereocenters. The number of carbonyl (C=O) groups excluding carboxylic acids is 2. The maximum Gasteiger partial charge on any atom is 0.407 e. The summed E-state index contributed by atoms with van der Waals surface area (Å²) in [6.45, 7) is 5.44. The Morgan fingerprint density at radius 2 is 1.62 bits per heavy atom. The molecule has 0 saturated carbocycles. The second-order valence-electron chi connectivity index (χ2n) is 9.02. The molecule has 0 spiro atoms. The van der Waals surface area contributed by atoms with Gasteiger partial charge in [0.1, 0.15) is 13.2 Å². The number of nitrogens with one attached hydrogen (secondary N) is 1. The van der Waals surface area contributed by atoms with Crippen LogP contribution in [-0.2, 0) is 14.3 Å². The molecule has 3 rings (SSSR count). The number of hydrogen-bond acceptors (Lipinski definition) is 4. The lowest BCUT2D eigenvalue weighted by Crippen LogP contribution is -2.45. The Balaban J connectivity index is 1.64. The summed E-state index contributed by atoms with van der Waals surface area (Å²) in [6, 6.07) is 15.6. The van der Waals surface area contributed by atoms with Gasteiger partial charge in [0.15, 0.2) is 0 Å². The SMILES string of the molecule is CCCC[C@@H](CC(=O)N(CC(=O)O)C(C)C)NC(=O)OCC1c2ccccc2-c2ccccc21. The van der Waals surface area contributed by atoms with Crippen molar-refractivity contribution in [3.8, 4) is 11.1 Å². The maximum atomic E-state index is 12.8. The molecule has 34 heavy (non-hydrogen) atoms. The van der Waals surface area contributed by atoms with Gasteiger partial charge in [-0.05, 0) is 42.5 Å². The normalized spacial score (nSPS) is 13.2. The van der Waals surface area contributed by atoms with Gasteiger partial charge in [-0.3, -0.25) is 9.59 Å². The van der Waals surface area contributed by atoms with Crippen molar-refractivity contribution in [1.29, 1.82) is 0 Å². The first-order valence-electron chi connectivity index (χ1n) is 11.9. The number of ether oxygens (including phenoxy) is 1. The van der Waals surface area contributed by atoms with Crippen LogP contribution in [0.4, 0.5) is 4.79 Å². The number of amides is 2. The van der Waals surface area contributed by atoms with Crippen molar-refractivity contribution < 1.29 is 24.2 Å². The lowest BCUT2D eigenvalue weighted by atomic mass is 9.98. The van der Waals surface area contributed by atoms with Crippen LogP contribution in [0.2, 0.25) is 0 Å². The van der Waals surface area contributed by atoms with Crippen molar-refractivity contribution in [2.75, 3.05) is 13.2 Å². The Labute approximate surface area is 201 Å². The van der Waals surface area contributed by atoms with E-state index in [1.165, 1.54) is 4.90 Å². The fraction of sp³-hybridized carbons (Fsp3) is 0.444. The Bertz CT molecular complexity index is 974. The fourth-order valence-corrected chi connectivity index (χ4v) is 4.52. The highest BCUT2D eigenvalue weighted by Gasteiger charge is 2.30. The van der Waals surface area contributed by atoms with Crippen molar-refractivity contribution in [2.45, 2.75) is 64.5 Å². The molecule has 2 aromatic rings. The number of carboxylic acid groups (broad SMARTS) is 1. The molecule has 0 aromatic heterocycles. The van der Waals surface area contributed by atoms with E-state index in [4.69, 9.17) is 9.84 Å². The zero-order valence-electron chi connectivity index (χ0n) is 20.1. The molecule has 7 heteroatoms. The van der Waals surface area contributed by atoms with Gasteiger partial charge in [-0.15, -0.1) is 0 Å². The molecular formula is C27H34N2O5. The second-order valence-corrected chi connectivity index (χ2v) is 9.02. The molecule has 0 heterocycles. The number of benzene rings is 2.